The summed E-state index contributed by atoms with van der Waals surface area (Å²) >= 11 is 0. The Morgan fingerprint density at radius 1 is 1.38 bits per heavy atom. The Balaban J connectivity index is 2.41. The third-order valence-corrected chi connectivity index (χ3v) is 3.76. The number of aliphatic hydroxyl groups excluding tert-OH is 1. The molecule has 2 rings (SSSR count). The number of nitrogens with zero attached hydrogens (tertiary/aromatic N) is 2. The van der Waals surface area contributed by atoms with Gasteiger partial charge in [-0.05, 0) is 37.0 Å². The molecule has 0 saturated heterocycles. The van der Waals surface area contributed by atoms with Crippen LogP contribution in [0.1, 0.15) is 50.9 Å². The quantitative estimate of drug-likeness (QED) is 0.852. The van der Waals surface area contributed by atoms with Gasteiger partial charge in [0.15, 0.2) is 0 Å². The summed E-state index contributed by atoms with van der Waals surface area (Å²) < 4.78 is 2.12. The number of hydrogen-bond donors (Lipinski definition) is 1. The van der Waals surface area contributed by atoms with Crippen molar-refractivity contribution in [2.75, 3.05) is 6.61 Å². The van der Waals surface area contributed by atoms with Crippen molar-refractivity contribution in [1.29, 1.82) is 0 Å². The summed E-state index contributed by atoms with van der Waals surface area (Å²) in [6.45, 7) is 6.77. The lowest BCUT2D eigenvalue weighted by Gasteiger charge is -2.08. The van der Waals surface area contributed by atoms with Crippen molar-refractivity contribution in [2.24, 2.45) is 0 Å². The molecule has 0 atom stereocenters. The molecular formula is C17H24N2O2. The van der Waals surface area contributed by atoms with E-state index in [1.54, 1.807) is 6.92 Å². The van der Waals surface area contributed by atoms with E-state index < -0.39 is 0 Å². The summed E-state index contributed by atoms with van der Waals surface area (Å²) in [5.41, 5.74) is 3.33. The average Bonchev–Trinajstić information content (AvgIpc) is 2.79. The van der Waals surface area contributed by atoms with Crippen LogP contribution in [0.2, 0.25) is 0 Å². The predicted molar refractivity (Wildman–Crippen MR) is 84.5 cm³/mol. The lowest BCUT2D eigenvalue weighted by atomic mass is 10.0. The van der Waals surface area contributed by atoms with E-state index in [1.165, 1.54) is 5.56 Å². The van der Waals surface area contributed by atoms with Crippen molar-refractivity contribution in [3.63, 3.8) is 0 Å². The molecule has 0 aliphatic rings. The maximum atomic E-state index is 11.3. The number of benzene rings is 1. The largest absolute Gasteiger partial charge is 0.396 e. The van der Waals surface area contributed by atoms with Crippen molar-refractivity contribution in [3.8, 4) is 0 Å². The number of aliphatic hydroxyl groups is 1. The van der Waals surface area contributed by atoms with Gasteiger partial charge in [-0.2, -0.15) is 0 Å². The van der Waals surface area contributed by atoms with Crippen LogP contribution in [0.15, 0.2) is 18.2 Å². The van der Waals surface area contributed by atoms with E-state index in [4.69, 9.17) is 10.1 Å². The van der Waals surface area contributed by atoms with Gasteiger partial charge in [-0.3, -0.25) is 4.79 Å². The fraction of sp³-hybridized carbons (Fsp3) is 0.529. The van der Waals surface area contributed by atoms with E-state index in [9.17, 15) is 4.79 Å². The molecule has 114 valence electrons. The summed E-state index contributed by atoms with van der Waals surface area (Å²) in [5.74, 6) is 1.61. The zero-order valence-electron chi connectivity index (χ0n) is 13.1. The zero-order chi connectivity index (χ0) is 15.4. The highest BCUT2D eigenvalue weighted by Gasteiger charge is 2.12. The summed E-state index contributed by atoms with van der Waals surface area (Å²) in [5, 5.41) is 9.04. The van der Waals surface area contributed by atoms with E-state index in [1.807, 2.05) is 0 Å². The number of imidazole rings is 1. The van der Waals surface area contributed by atoms with Gasteiger partial charge in [0, 0.05) is 26.0 Å². The Labute approximate surface area is 125 Å². The number of hydrogen-bond acceptors (Lipinski definition) is 3. The highest BCUT2D eigenvalue weighted by Crippen LogP contribution is 2.23. The molecule has 21 heavy (non-hydrogen) atoms. The molecule has 4 heteroatoms. The molecule has 1 aromatic heterocycles. The van der Waals surface area contributed by atoms with Crippen molar-refractivity contribution >= 4 is 16.8 Å². The molecule has 0 bridgehead atoms. The lowest BCUT2D eigenvalue weighted by molar-refractivity contribution is -0.117. The maximum absolute atomic E-state index is 11.3. The second-order valence-corrected chi connectivity index (χ2v) is 5.86. The second kappa shape index (κ2) is 6.85. The Bertz CT molecular complexity index is 629. The lowest BCUT2D eigenvalue weighted by Crippen LogP contribution is -2.07. The van der Waals surface area contributed by atoms with Crippen LogP contribution >= 0.6 is 0 Å². The zero-order valence-corrected chi connectivity index (χ0v) is 13.1. The first kappa shape index (κ1) is 15.7. The fourth-order valence-corrected chi connectivity index (χ4v) is 2.50. The first-order valence-corrected chi connectivity index (χ1v) is 7.62. The van der Waals surface area contributed by atoms with E-state index in [2.05, 4.69) is 36.6 Å². The third kappa shape index (κ3) is 3.70. The van der Waals surface area contributed by atoms with Crippen molar-refractivity contribution in [2.45, 2.75) is 52.5 Å². The molecular weight excluding hydrogens is 264 g/mol. The van der Waals surface area contributed by atoms with Gasteiger partial charge >= 0.3 is 0 Å². The Morgan fingerprint density at radius 3 is 2.76 bits per heavy atom. The van der Waals surface area contributed by atoms with Crippen LogP contribution in [-0.2, 0) is 17.8 Å². The van der Waals surface area contributed by atoms with Crippen LogP contribution in [0.5, 0.6) is 0 Å². The predicted octanol–water partition coefficient (Wildman–Crippen LogP) is 3.06. The fourth-order valence-electron chi connectivity index (χ4n) is 2.50. The van der Waals surface area contributed by atoms with Crippen molar-refractivity contribution in [1.82, 2.24) is 9.55 Å². The van der Waals surface area contributed by atoms with Gasteiger partial charge in [-0.15, -0.1) is 0 Å². The number of ketones is 1. The second-order valence-electron chi connectivity index (χ2n) is 5.86. The number of rotatable bonds is 7. The highest BCUT2D eigenvalue weighted by atomic mass is 16.2. The monoisotopic (exact) mass is 288 g/mol. The number of carbonyl (C=O) groups is 1. The standard InChI is InChI=1S/C17H24N2O2/c1-12(2)14-6-7-16-15(11-14)18-17(5-4-10-20)19(16)9-8-13(3)21/h6-7,11-12,20H,4-5,8-10H2,1-3H3. The SMILES string of the molecule is CC(=O)CCn1c(CCCO)nc2cc(C(C)C)ccc21. The van der Waals surface area contributed by atoms with Crippen LogP contribution in [0, 0.1) is 0 Å². The minimum Gasteiger partial charge on any atom is -0.396 e. The Kier molecular flexibility index (Phi) is 5.12. The summed E-state index contributed by atoms with van der Waals surface area (Å²) in [6, 6.07) is 6.36. The maximum Gasteiger partial charge on any atom is 0.131 e. The smallest absolute Gasteiger partial charge is 0.131 e. The van der Waals surface area contributed by atoms with Gasteiger partial charge in [-0.25, -0.2) is 4.98 Å². The molecule has 4 nitrogen and oxygen atoms in total. The highest BCUT2D eigenvalue weighted by molar-refractivity contribution is 5.78. The molecule has 0 saturated carbocycles. The Morgan fingerprint density at radius 2 is 2.14 bits per heavy atom. The minimum atomic E-state index is 0.160. The first-order valence-electron chi connectivity index (χ1n) is 7.62. The number of aromatic nitrogens is 2. The molecule has 0 amide bonds. The number of Topliss-reactive ketones (excluding diaryl/α,β-unsaturated/α-hetero) is 1. The van der Waals surface area contributed by atoms with Crippen molar-refractivity contribution in [3.05, 3.63) is 29.6 Å². The molecule has 0 unspecified atom stereocenters. The van der Waals surface area contributed by atoms with E-state index >= 15 is 0 Å². The van der Waals surface area contributed by atoms with Crippen LogP contribution in [0.4, 0.5) is 0 Å². The van der Waals surface area contributed by atoms with Gasteiger partial charge in [-0.1, -0.05) is 19.9 Å². The molecule has 0 aliphatic carbocycles. The van der Waals surface area contributed by atoms with Gasteiger partial charge in [0.2, 0.25) is 0 Å². The number of fused-ring (bicyclic) bond motifs is 1. The van der Waals surface area contributed by atoms with Crippen molar-refractivity contribution < 1.29 is 9.90 Å². The van der Waals surface area contributed by atoms with Crippen LogP contribution in [0.25, 0.3) is 11.0 Å². The van der Waals surface area contributed by atoms with Gasteiger partial charge in [0.1, 0.15) is 11.6 Å². The van der Waals surface area contributed by atoms with Crippen LogP contribution in [-0.4, -0.2) is 27.0 Å². The van der Waals surface area contributed by atoms with Crippen LogP contribution in [0.3, 0.4) is 0 Å². The molecule has 0 radical (unpaired) electrons. The third-order valence-electron chi connectivity index (χ3n) is 3.76. The molecule has 0 spiro atoms. The van der Waals surface area contributed by atoms with E-state index in [0.29, 0.717) is 25.3 Å². The van der Waals surface area contributed by atoms with E-state index in [-0.39, 0.29) is 12.4 Å². The number of aryl methyl sites for hydroxylation is 2. The molecule has 0 fully saturated rings. The number of carbonyl (C=O) groups excluding carboxylic acids is 1. The van der Waals surface area contributed by atoms with Gasteiger partial charge < -0.3 is 9.67 Å². The van der Waals surface area contributed by atoms with Gasteiger partial charge in [0.25, 0.3) is 0 Å². The molecule has 0 aliphatic heterocycles. The average molecular weight is 288 g/mol. The van der Waals surface area contributed by atoms with Gasteiger partial charge in [0.05, 0.1) is 11.0 Å². The molecule has 1 aromatic carbocycles. The molecule has 1 heterocycles. The summed E-state index contributed by atoms with van der Waals surface area (Å²) in [6.07, 6.45) is 1.95. The summed E-state index contributed by atoms with van der Waals surface area (Å²) in [4.78, 5) is 16.0. The van der Waals surface area contributed by atoms with Crippen LogP contribution < -0.4 is 0 Å². The van der Waals surface area contributed by atoms with E-state index in [0.717, 1.165) is 23.3 Å². The minimum absolute atomic E-state index is 0.160. The topological polar surface area (TPSA) is 55.1 Å². The molecule has 2 aromatic rings. The normalized spacial score (nSPS) is 11.5. The summed E-state index contributed by atoms with van der Waals surface area (Å²) in [7, 11) is 0. The molecule has 1 N–H and O–H groups in total. The Hall–Kier alpha value is -1.68. The first-order chi connectivity index (χ1) is 10.0.